The molecule has 1 aromatic rings. The summed E-state index contributed by atoms with van der Waals surface area (Å²) in [6.07, 6.45) is 3.91. The number of aliphatic hydroxyl groups is 1. The summed E-state index contributed by atoms with van der Waals surface area (Å²) in [6, 6.07) is 8.67. The second-order valence-corrected chi connectivity index (χ2v) is 4.66. The van der Waals surface area contributed by atoms with Gasteiger partial charge in [0.2, 0.25) is 0 Å². The van der Waals surface area contributed by atoms with Crippen molar-refractivity contribution in [3.8, 4) is 0 Å². The monoisotopic (exact) mass is 219 g/mol. The summed E-state index contributed by atoms with van der Waals surface area (Å²) in [6.45, 7) is 3.20. The summed E-state index contributed by atoms with van der Waals surface area (Å²) in [5.41, 5.74) is 2.70. The molecule has 2 unspecified atom stereocenters. The van der Waals surface area contributed by atoms with Gasteiger partial charge in [0, 0.05) is 12.5 Å². The first kappa shape index (κ1) is 11.6. The molecule has 0 fully saturated rings. The zero-order chi connectivity index (χ0) is 11.4. The van der Waals surface area contributed by atoms with E-state index >= 15 is 0 Å². The standard InChI is InChI=1S/C14H21NO/c1-2-3-8-15-13-9-11-6-4-5-7-12(11)10-14(13)16/h4-7,13-16H,2-3,8-10H2,1H3. The summed E-state index contributed by atoms with van der Waals surface area (Å²) >= 11 is 0. The van der Waals surface area contributed by atoms with Gasteiger partial charge in [-0.3, -0.25) is 0 Å². The molecule has 2 heteroatoms. The molecule has 0 aromatic heterocycles. The van der Waals surface area contributed by atoms with Gasteiger partial charge in [0.25, 0.3) is 0 Å². The fourth-order valence-corrected chi connectivity index (χ4v) is 2.37. The van der Waals surface area contributed by atoms with E-state index < -0.39 is 0 Å². The van der Waals surface area contributed by atoms with Crippen LogP contribution in [0.5, 0.6) is 0 Å². The molecule has 0 bridgehead atoms. The molecule has 0 saturated carbocycles. The van der Waals surface area contributed by atoms with Crippen LogP contribution in [0, 0.1) is 0 Å². The Morgan fingerprint density at radius 1 is 1.25 bits per heavy atom. The Labute approximate surface area is 97.7 Å². The highest BCUT2D eigenvalue weighted by molar-refractivity contribution is 5.31. The summed E-state index contributed by atoms with van der Waals surface area (Å²) in [5.74, 6) is 0. The minimum atomic E-state index is -0.230. The highest BCUT2D eigenvalue weighted by Gasteiger charge is 2.25. The van der Waals surface area contributed by atoms with Crippen LogP contribution in [0.2, 0.25) is 0 Å². The van der Waals surface area contributed by atoms with Crippen molar-refractivity contribution in [3.63, 3.8) is 0 Å². The van der Waals surface area contributed by atoms with E-state index in [-0.39, 0.29) is 12.1 Å². The quantitative estimate of drug-likeness (QED) is 0.758. The largest absolute Gasteiger partial charge is 0.391 e. The molecule has 0 amide bonds. The van der Waals surface area contributed by atoms with Crippen LogP contribution in [0.4, 0.5) is 0 Å². The van der Waals surface area contributed by atoms with Gasteiger partial charge in [-0.05, 0) is 30.5 Å². The molecular formula is C14H21NO. The Bertz CT molecular complexity index is 337. The number of aliphatic hydroxyl groups excluding tert-OH is 1. The van der Waals surface area contributed by atoms with Crippen LogP contribution in [0.25, 0.3) is 0 Å². The lowest BCUT2D eigenvalue weighted by Gasteiger charge is -2.30. The molecule has 2 atom stereocenters. The molecule has 1 aromatic carbocycles. The number of rotatable bonds is 4. The third kappa shape index (κ3) is 2.63. The third-order valence-electron chi connectivity index (χ3n) is 3.39. The smallest absolute Gasteiger partial charge is 0.0736 e. The van der Waals surface area contributed by atoms with Gasteiger partial charge in [0.15, 0.2) is 0 Å². The molecule has 2 nitrogen and oxygen atoms in total. The number of unbranched alkanes of at least 4 members (excludes halogenated alkanes) is 1. The summed E-state index contributed by atoms with van der Waals surface area (Å²) in [5, 5.41) is 13.5. The maximum atomic E-state index is 10.1. The number of hydrogen-bond donors (Lipinski definition) is 2. The van der Waals surface area contributed by atoms with Crippen molar-refractivity contribution in [3.05, 3.63) is 35.4 Å². The first-order valence-electron chi connectivity index (χ1n) is 6.29. The molecule has 0 spiro atoms. The highest BCUT2D eigenvalue weighted by atomic mass is 16.3. The molecule has 2 N–H and O–H groups in total. The van der Waals surface area contributed by atoms with Crippen molar-refractivity contribution >= 4 is 0 Å². The number of benzene rings is 1. The van der Waals surface area contributed by atoms with E-state index in [2.05, 4.69) is 36.5 Å². The Morgan fingerprint density at radius 2 is 1.94 bits per heavy atom. The lowest BCUT2D eigenvalue weighted by molar-refractivity contribution is 0.119. The lowest BCUT2D eigenvalue weighted by atomic mass is 9.86. The van der Waals surface area contributed by atoms with Crippen LogP contribution in [0.15, 0.2) is 24.3 Å². The maximum Gasteiger partial charge on any atom is 0.0736 e. The summed E-state index contributed by atoms with van der Waals surface area (Å²) < 4.78 is 0. The van der Waals surface area contributed by atoms with E-state index in [1.54, 1.807) is 0 Å². The second kappa shape index (κ2) is 5.46. The number of hydrogen-bond acceptors (Lipinski definition) is 2. The Hall–Kier alpha value is -0.860. The Kier molecular flexibility index (Phi) is 3.97. The second-order valence-electron chi connectivity index (χ2n) is 4.66. The first-order chi connectivity index (χ1) is 7.81. The van der Waals surface area contributed by atoms with Crippen LogP contribution in [-0.2, 0) is 12.8 Å². The summed E-state index contributed by atoms with van der Waals surface area (Å²) in [4.78, 5) is 0. The van der Waals surface area contributed by atoms with Crippen LogP contribution < -0.4 is 5.32 Å². The van der Waals surface area contributed by atoms with Crippen molar-refractivity contribution in [2.24, 2.45) is 0 Å². The highest BCUT2D eigenvalue weighted by Crippen LogP contribution is 2.21. The zero-order valence-electron chi connectivity index (χ0n) is 9.95. The van der Waals surface area contributed by atoms with Gasteiger partial charge in [-0.25, -0.2) is 0 Å². The number of fused-ring (bicyclic) bond motifs is 1. The van der Waals surface area contributed by atoms with E-state index in [9.17, 15) is 5.11 Å². The third-order valence-corrected chi connectivity index (χ3v) is 3.39. The molecule has 0 heterocycles. The van der Waals surface area contributed by atoms with Gasteiger partial charge in [-0.1, -0.05) is 37.6 Å². The van der Waals surface area contributed by atoms with E-state index in [1.165, 1.54) is 24.0 Å². The first-order valence-corrected chi connectivity index (χ1v) is 6.29. The normalized spacial score (nSPS) is 24.1. The van der Waals surface area contributed by atoms with Crippen LogP contribution in [0.3, 0.4) is 0 Å². The number of nitrogens with one attached hydrogen (secondary N) is 1. The summed E-state index contributed by atoms with van der Waals surface area (Å²) in [7, 11) is 0. The SMILES string of the molecule is CCCCNC1Cc2ccccc2CC1O. The van der Waals surface area contributed by atoms with Crippen molar-refractivity contribution in [2.75, 3.05) is 6.54 Å². The lowest BCUT2D eigenvalue weighted by Crippen LogP contribution is -2.45. The zero-order valence-corrected chi connectivity index (χ0v) is 9.95. The van der Waals surface area contributed by atoms with Gasteiger partial charge in [0.05, 0.1) is 6.10 Å². The fourth-order valence-electron chi connectivity index (χ4n) is 2.37. The average molecular weight is 219 g/mol. The van der Waals surface area contributed by atoms with Gasteiger partial charge in [0.1, 0.15) is 0 Å². The Morgan fingerprint density at radius 3 is 2.62 bits per heavy atom. The van der Waals surface area contributed by atoms with Gasteiger partial charge in [-0.2, -0.15) is 0 Å². The van der Waals surface area contributed by atoms with Crippen LogP contribution in [0.1, 0.15) is 30.9 Å². The van der Waals surface area contributed by atoms with E-state index in [0.29, 0.717) is 0 Å². The van der Waals surface area contributed by atoms with Gasteiger partial charge in [-0.15, -0.1) is 0 Å². The molecule has 1 aliphatic carbocycles. The average Bonchev–Trinajstić information content (AvgIpc) is 2.30. The molecule has 16 heavy (non-hydrogen) atoms. The molecule has 88 valence electrons. The van der Waals surface area contributed by atoms with Crippen LogP contribution in [-0.4, -0.2) is 23.8 Å². The predicted molar refractivity (Wildman–Crippen MR) is 66.6 cm³/mol. The fraction of sp³-hybridized carbons (Fsp3) is 0.571. The van der Waals surface area contributed by atoms with E-state index in [4.69, 9.17) is 0 Å². The maximum absolute atomic E-state index is 10.1. The van der Waals surface area contributed by atoms with Crippen LogP contribution >= 0.6 is 0 Å². The van der Waals surface area contributed by atoms with Gasteiger partial charge >= 0.3 is 0 Å². The minimum Gasteiger partial charge on any atom is -0.391 e. The minimum absolute atomic E-state index is 0.230. The van der Waals surface area contributed by atoms with Crippen molar-refractivity contribution in [2.45, 2.75) is 44.8 Å². The van der Waals surface area contributed by atoms with Crippen molar-refractivity contribution in [1.82, 2.24) is 5.32 Å². The van der Waals surface area contributed by atoms with E-state index in [1.807, 2.05) is 0 Å². The van der Waals surface area contributed by atoms with Crippen molar-refractivity contribution in [1.29, 1.82) is 0 Å². The molecule has 0 radical (unpaired) electrons. The predicted octanol–water partition coefficient (Wildman–Crippen LogP) is 1.90. The molecule has 0 aliphatic heterocycles. The molecule has 1 aliphatic rings. The molecule has 2 rings (SSSR count). The molecule has 0 saturated heterocycles. The molecular weight excluding hydrogens is 198 g/mol. The Balaban J connectivity index is 1.98. The van der Waals surface area contributed by atoms with Crippen molar-refractivity contribution < 1.29 is 5.11 Å². The topological polar surface area (TPSA) is 32.3 Å². The van der Waals surface area contributed by atoms with E-state index in [0.717, 1.165) is 19.4 Å². The van der Waals surface area contributed by atoms with Gasteiger partial charge < -0.3 is 10.4 Å².